The Hall–Kier alpha value is -2.24. The predicted molar refractivity (Wildman–Crippen MR) is 56.6 cm³/mol. The molecule has 0 radical (unpaired) electrons. The van der Waals surface area contributed by atoms with E-state index in [1.54, 1.807) is 6.92 Å². The summed E-state index contributed by atoms with van der Waals surface area (Å²) in [5.74, 6) is -0.553. The normalized spacial score (nSPS) is 10.3. The molecule has 0 amide bonds. The zero-order chi connectivity index (χ0) is 12.0. The molecule has 6 nitrogen and oxygen atoms in total. The van der Waals surface area contributed by atoms with Gasteiger partial charge in [0.05, 0.1) is 11.5 Å². The number of ether oxygens (including phenoxy) is 1. The van der Waals surface area contributed by atoms with Gasteiger partial charge in [0.25, 0.3) is 5.69 Å². The van der Waals surface area contributed by atoms with E-state index in [9.17, 15) is 14.9 Å². The summed E-state index contributed by atoms with van der Waals surface area (Å²) in [7, 11) is 0. The van der Waals surface area contributed by atoms with Crippen molar-refractivity contribution in [3.8, 4) is 0 Å². The standard InChI is InChI=1S/C10H10N2O4/c1-2-16-10(13)6-5-8-9(12(14)15)4-3-7-11-8/h3-7H,2H2,1H3. The molecule has 1 aromatic heterocycles. The van der Waals surface area contributed by atoms with Crippen molar-refractivity contribution in [3.63, 3.8) is 0 Å². The first-order chi connectivity index (χ1) is 7.65. The predicted octanol–water partition coefficient (Wildman–Crippen LogP) is 1.57. The van der Waals surface area contributed by atoms with E-state index in [4.69, 9.17) is 0 Å². The van der Waals surface area contributed by atoms with Crippen molar-refractivity contribution in [2.75, 3.05) is 6.61 Å². The molecule has 0 atom stereocenters. The van der Waals surface area contributed by atoms with E-state index in [-0.39, 0.29) is 18.0 Å². The van der Waals surface area contributed by atoms with E-state index in [0.29, 0.717) is 0 Å². The van der Waals surface area contributed by atoms with Crippen LogP contribution in [-0.4, -0.2) is 22.5 Å². The minimum absolute atomic E-state index is 0.126. The topological polar surface area (TPSA) is 82.3 Å². The summed E-state index contributed by atoms with van der Waals surface area (Å²) < 4.78 is 4.64. The third kappa shape index (κ3) is 3.16. The molecule has 1 heterocycles. The molecule has 0 aliphatic rings. The molecule has 6 heteroatoms. The number of hydrogen-bond acceptors (Lipinski definition) is 5. The molecule has 84 valence electrons. The summed E-state index contributed by atoms with van der Waals surface area (Å²) in [6.45, 7) is 1.93. The van der Waals surface area contributed by atoms with E-state index in [1.807, 2.05) is 0 Å². The highest BCUT2D eigenvalue weighted by molar-refractivity contribution is 5.87. The van der Waals surface area contributed by atoms with E-state index in [1.165, 1.54) is 24.4 Å². The number of carbonyl (C=O) groups excluding carboxylic acids is 1. The highest BCUT2D eigenvalue weighted by Gasteiger charge is 2.11. The second kappa shape index (κ2) is 5.59. The molecule has 1 aromatic rings. The molecule has 0 spiro atoms. The number of rotatable bonds is 4. The van der Waals surface area contributed by atoms with Gasteiger partial charge in [-0.2, -0.15) is 0 Å². The molecule has 0 fully saturated rings. The molecule has 0 aliphatic carbocycles. The van der Waals surface area contributed by atoms with Crippen molar-refractivity contribution in [1.82, 2.24) is 4.98 Å². The van der Waals surface area contributed by atoms with Gasteiger partial charge in [-0.25, -0.2) is 9.78 Å². The van der Waals surface area contributed by atoms with E-state index in [0.717, 1.165) is 6.08 Å². The summed E-state index contributed by atoms with van der Waals surface area (Å²) in [4.78, 5) is 24.8. The van der Waals surface area contributed by atoms with Crippen molar-refractivity contribution in [2.45, 2.75) is 6.92 Å². The van der Waals surface area contributed by atoms with Crippen LogP contribution in [0.1, 0.15) is 12.6 Å². The molecule has 1 rings (SSSR count). The van der Waals surface area contributed by atoms with Crippen LogP contribution in [0.5, 0.6) is 0 Å². The fourth-order valence-corrected chi connectivity index (χ4v) is 1.03. The van der Waals surface area contributed by atoms with Gasteiger partial charge in [-0.05, 0) is 19.1 Å². The first kappa shape index (κ1) is 11.8. The molecule has 0 bridgehead atoms. The highest BCUT2D eigenvalue weighted by atomic mass is 16.6. The van der Waals surface area contributed by atoms with Crippen LogP contribution in [0.2, 0.25) is 0 Å². The Balaban J connectivity index is 2.88. The summed E-state index contributed by atoms with van der Waals surface area (Å²) >= 11 is 0. The number of pyridine rings is 1. The molecule has 0 aliphatic heterocycles. The smallest absolute Gasteiger partial charge is 0.330 e. The van der Waals surface area contributed by atoms with Crippen molar-refractivity contribution in [3.05, 3.63) is 40.2 Å². The number of hydrogen-bond donors (Lipinski definition) is 0. The minimum Gasteiger partial charge on any atom is -0.463 e. The summed E-state index contributed by atoms with van der Waals surface area (Å²) in [5.41, 5.74) is -0.0244. The van der Waals surface area contributed by atoms with E-state index >= 15 is 0 Å². The summed E-state index contributed by atoms with van der Waals surface area (Å²) in [6, 6.07) is 2.78. The molecular weight excluding hydrogens is 212 g/mol. The minimum atomic E-state index is -0.558. The van der Waals surface area contributed by atoms with Crippen molar-refractivity contribution in [1.29, 1.82) is 0 Å². The lowest BCUT2D eigenvalue weighted by molar-refractivity contribution is -0.385. The van der Waals surface area contributed by atoms with Gasteiger partial charge in [-0.3, -0.25) is 10.1 Å². The monoisotopic (exact) mass is 222 g/mol. The SMILES string of the molecule is CCOC(=O)C=Cc1ncccc1[N+](=O)[O-]. The Morgan fingerprint density at radius 3 is 3.06 bits per heavy atom. The second-order valence-electron chi connectivity index (χ2n) is 2.75. The summed E-state index contributed by atoms with van der Waals surface area (Å²) in [5, 5.41) is 10.6. The Kier molecular flexibility index (Phi) is 4.14. The van der Waals surface area contributed by atoms with Gasteiger partial charge >= 0.3 is 5.97 Å². The van der Waals surface area contributed by atoms with Gasteiger partial charge in [-0.1, -0.05) is 0 Å². The van der Waals surface area contributed by atoms with Crippen LogP contribution >= 0.6 is 0 Å². The Morgan fingerprint density at radius 2 is 2.44 bits per heavy atom. The largest absolute Gasteiger partial charge is 0.463 e. The van der Waals surface area contributed by atoms with Crippen LogP contribution in [0, 0.1) is 10.1 Å². The third-order valence-corrected chi connectivity index (χ3v) is 1.68. The Labute approximate surface area is 91.7 Å². The number of nitro groups is 1. The molecule has 0 N–H and O–H groups in total. The molecule has 0 aromatic carbocycles. The quantitative estimate of drug-likeness (QED) is 0.334. The fraction of sp³-hybridized carbons (Fsp3) is 0.200. The van der Waals surface area contributed by atoms with Gasteiger partial charge in [0.15, 0.2) is 0 Å². The van der Waals surface area contributed by atoms with Gasteiger partial charge in [-0.15, -0.1) is 0 Å². The van der Waals surface area contributed by atoms with Gasteiger partial charge in [0, 0.05) is 18.3 Å². The Morgan fingerprint density at radius 1 is 1.69 bits per heavy atom. The zero-order valence-electron chi connectivity index (χ0n) is 8.62. The summed E-state index contributed by atoms with van der Waals surface area (Å²) in [6.07, 6.45) is 3.78. The zero-order valence-corrected chi connectivity index (χ0v) is 8.62. The lowest BCUT2D eigenvalue weighted by Crippen LogP contribution is -1.99. The molecule has 0 saturated carbocycles. The third-order valence-electron chi connectivity index (χ3n) is 1.68. The lowest BCUT2D eigenvalue weighted by Gasteiger charge is -1.96. The van der Waals surface area contributed by atoms with Crippen molar-refractivity contribution >= 4 is 17.7 Å². The van der Waals surface area contributed by atoms with Crippen LogP contribution in [0.25, 0.3) is 6.08 Å². The molecule has 0 unspecified atom stereocenters. The number of carbonyl (C=O) groups is 1. The van der Waals surface area contributed by atoms with E-state index < -0.39 is 10.9 Å². The van der Waals surface area contributed by atoms with Crippen LogP contribution in [0.4, 0.5) is 5.69 Å². The lowest BCUT2D eigenvalue weighted by atomic mass is 10.3. The van der Waals surface area contributed by atoms with Gasteiger partial charge in [0.2, 0.25) is 0 Å². The molecule has 16 heavy (non-hydrogen) atoms. The maximum absolute atomic E-state index is 11.0. The van der Waals surface area contributed by atoms with Crippen LogP contribution in [0.15, 0.2) is 24.4 Å². The number of esters is 1. The maximum atomic E-state index is 11.0. The first-order valence-corrected chi connectivity index (χ1v) is 4.59. The highest BCUT2D eigenvalue weighted by Crippen LogP contribution is 2.16. The van der Waals surface area contributed by atoms with E-state index in [2.05, 4.69) is 9.72 Å². The number of aromatic nitrogens is 1. The van der Waals surface area contributed by atoms with Crippen molar-refractivity contribution < 1.29 is 14.5 Å². The average Bonchev–Trinajstić information content (AvgIpc) is 2.27. The Bertz CT molecular complexity index is 429. The maximum Gasteiger partial charge on any atom is 0.330 e. The first-order valence-electron chi connectivity index (χ1n) is 4.59. The van der Waals surface area contributed by atoms with Crippen molar-refractivity contribution in [2.24, 2.45) is 0 Å². The fourth-order valence-electron chi connectivity index (χ4n) is 1.03. The van der Waals surface area contributed by atoms with Crippen LogP contribution in [0.3, 0.4) is 0 Å². The van der Waals surface area contributed by atoms with Crippen LogP contribution < -0.4 is 0 Å². The average molecular weight is 222 g/mol. The van der Waals surface area contributed by atoms with Gasteiger partial charge < -0.3 is 4.74 Å². The van der Waals surface area contributed by atoms with Gasteiger partial charge in [0.1, 0.15) is 5.69 Å². The number of nitrogens with zero attached hydrogens (tertiary/aromatic N) is 2. The molecular formula is C10H10N2O4. The second-order valence-corrected chi connectivity index (χ2v) is 2.75. The molecule has 0 saturated heterocycles. The van der Waals surface area contributed by atoms with Crippen LogP contribution in [-0.2, 0) is 9.53 Å².